The van der Waals surface area contributed by atoms with Gasteiger partial charge in [-0.15, -0.1) is 0 Å². The van der Waals surface area contributed by atoms with Crippen LogP contribution < -0.4 is 14.2 Å². The predicted molar refractivity (Wildman–Crippen MR) is 103 cm³/mol. The summed E-state index contributed by atoms with van der Waals surface area (Å²) in [4.78, 5) is 16.9. The Balaban J connectivity index is 1.66. The summed E-state index contributed by atoms with van der Waals surface area (Å²) in [7, 11) is 6.75. The highest BCUT2D eigenvalue weighted by Gasteiger charge is 2.25. The number of benzene rings is 1. The minimum Gasteiger partial charge on any atom is -0.493 e. The summed E-state index contributed by atoms with van der Waals surface area (Å²) in [5.74, 6) is 2.04. The number of ether oxygens (including phenoxy) is 3. The Morgan fingerprint density at radius 3 is 2.22 bits per heavy atom. The summed E-state index contributed by atoms with van der Waals surface area (Å²) < 4.78 is 18.2. The summed E-state index contributed by atoms with van der Waals surface area (Å²) in [5.41, 5.74) is 1.77. The third-order valence-corrected chi connectivity index (χ3v) is 5.00. The molecule has 1 aliphatic rings. The van der Waals surface area contributed by atoms with Crippen molar-refractivity contribution in [3.8, 4) is 17.2 Å². The molecule has 0 unspecified atom stereocenters. The molecule has 7 heteroatoms. The lowest BCUT2D eigenvalue weighted by atomic mass is 10.1. The number of nitrogens with zero attached hydrogens (tertiary/aromatic N) is 3. The van der Waals surface area contributed by atoms with Crippen molar-refractivity contribution < 1.29 is 19.0 Å². The van der Waals surface area contributed by atoms with E-state index in [0.29, 0.717) is 30.3 Å². The second-order valence-electron chi connectivity index (χ2n) is 6.57. The van der Waals surface area contributed by atoms with Crippen LogP contribution in [-0.4, -0.2) is 67.8 Å². The minimum absolute atomic E-state index is 0.0887. The monoisotopic (exact) mass is 373 g/mol. The van der Waals surface area contributed by atoms with Crippen molar-refractivity contribution in [2.24, 2.45) is 7.05 Å². The van der Waals surface area contributed by atoms with E-state index in [1.54, 1.807) is 21.3 Å². The second kappa shape index (κ2) is 8.35. The zero-order valence-electron chi connectivity index (χ0n) is 16.4. The molecule has 146 valence electrons. The van der Waals surface area contributed by atoms with Crippen molar-refractivity contribution in [1.82, 2.24) is 14.4 Å². The van der Waals surface area contributed by atoms with Gasteiger partial charge >= 0.3 is 0 Å². The molecule has 2 aromatic rings. The van der Waals surface area contributed by atoms with E-state index in [0.717, 1.165) is 30.9 Å². The fourth-order valence-electron chi connectivity index (χ4n) is 3.48. The molecule has 1 aromatic carbocycles. The fraction of sp³-hybridized carbons (Fsp3) is 0.450. The molecule has 0 bridgehead atoms. The van der Waals surface area contributed by atoms with Gasteiger partial charge in [0.1, 0.15) is 5.69 Å². The van der Waals surface area contributed by atoms with Crippen LogP contribution in [0.5, 0.6) is 17.2 Å². The van der Waals surface area contributed by atoms with Gasteiger partial charge in [0, 0.05) is 51.5 Å². The maximum atomic E-state index is 12.6. The summed E-state index contributed by atoms with van der Waals surface area (Å²) in [6, 6.07) is 7.66. The van der Waals surface area contributed by atoms with Gasteiger partial charge in [-0.2, -0.15) is 0 Å². The molecule has 2 heterocycles. The maximum absolute atomic E-state index is 12.6. The van der Waals surface area contributed by atoms with Crippen LogP contribution >= 0.6 is 0 Å². The molecule has 0 saturated carbocycles. The van der Waals surface area contributed by atoms with E-state index < -0.39 is 0 Å². The van der Waals surface area contributed by atoms with Crippen LogP contribution in [0.1, 0.15) is 16.1 Å². The topological polar surface area (TPSA) is 56.2 Å². The van der Waals surface area contributed by atoms with Crippen molar-refractivity contribution in [2.45, 2.75) is 6.54 Å². The quantitative estimate of drug-likeness (QED) is 0.775. The number of aromatic nitrogens is 1. The molecule has 1 aliphatic heterocycles. The number of rotatable bonds is 6. The highest BCUT2D eigenvalue weighted by Crippen LogP contribution is 2.40. The summed E-state index contributed by atoms with van der Waals surface area (Å²) in [5, 5.41) is 0. The molecular weight excluding hydrogens is 346 g/mol. The second-order valence-corrected chi connectivity index (χ2v) is 6.57. The standard InChI is InChI=1S/C20H27N3O4/c1-21-9-5-6-16(21)20(24)23-12-10-22(11-13-23)14-15-7-8-17(25-2)19(27-4)18(15)26-3/h5-9H,10-14H2,1-4H3. The molecule has 7 nitrogen and oxygen atoms in total. The van der Waals surface area contributed by atoms with E-state index in [4.69, 9.17) is 14.2 Å². The lowest BCUT2D eigenvalue weighted by Gasteiger charge is -2.35. The number of aryl methyl sites for hydroxylation is 1. The molecule has 1 amide bonds. The number of methoxy groups -OCH3 is 3. The molecule has 1 fully saturated rings. The molecular formula is C20H27N3O4. The van der Waals surface area contributed by atoms with Gasteiger partial charge in [0.25, 0.3) is 5.91 Å². The van der Waals surface area contributed by atoms with Crippen LogP contribution in [0.15, 0.2) is 30.5 Å². The number of hydrogen-bond donors (Lipinski definition) is 0. The third kappa shape index (κ3) is 3.88. The highest BCUT2D eigenvalue weighted by atomic mass is 16.5. The molecule has 0 radical (unpaired) electrons. The zero-order valence-corrected chi connectivity index (χ0v) is 16.4. The van der Waals surface area contributed by atoms with E-state index in [1.165, 1.54) is 0 Å². The van der Waals surface area contributed by atoms with Gasteiger partial charge in [-0.1, -0.05) is 6.07 Å². The number of amides is 1. The number of carbonyl (C=O) groups excluding carboxylic acids is 1. The van der Waals surface area contributed by atoms with E-state index in [9.17, 15) is 4.79 Å². The molecule has 1 saturated heterocycles. The van der Waals surface area contributed by atoms with Crippen LogP contribution in [-0.2, 0) is 13.6 Å². The number of piperazine rings is 1. The van der Waals surface area contributed by atoms with Crippen LogP contribution in [0.25, 0.3) is 0 Å². The predicted octanol–water partition coefficient (Wildman–Crippen LogP) is 2.01. The van der Waals surface area contributed by atoms with E-state index in [2.05, 4.69) is 4.90 Å². The van der Waals surface area contributed by atoms with E-state index >= 15 is 0 Å². The number of carbonyl (C=O) groups is 1. The Morgan fingerprint density at radius 2 is 1.67 bits per heavy atom. The largest absolute Gasteiger partial charge is 0.493 e. The first-order valence-electron chi connectivity index (χ1n) is 8.99. The van der Waals surface area contributed by atoms with Gasteiger partial charge in [-0.3, -0.25) is 9.69 Å². The lowest BCUT2D eigenvalue weighted by molar-refractivity contribution is 0.0618. The van der Waals surface area contributed by atoms with Crippen molar-refractivity contribution in [3.63, 3.8) is 0 Å². The Morgan fingerprint density at radius 1 is 0.963 bits per heavy atom. The van der Waals surface area contributed by atoms with Gasteiger partial charge in [-0.25, -0.2) is 0 Å². The molecule has 1 aromatic heterocycles. The molecule has 0 aliphatic carbocycles. The van der Waals surface area contributed by atoms with Crippen LogP contribution in [0.3, 0.4) is 0 Å². The van der Waals surface area contributed by atoms with Crippen LogP contribution in [0.2, 0.25) is 0 Å². The van der Waals surface area contributed by atoms with Crippen LogP contribution in [0, 0.1) is 0 Å². The van der Waals surface area contributed by atoms with Gasteiger partial charge in [-0.05, 0) is 18.2 Å². The molecule has 0 N–H and O–H groups in total. The first-order valence-corrected chi connectivity index (χ1v) is 8.99. The van der Waals surface area contributed by atoms with Crippen molar-refractivity contribution in [2.75, 3.05) is 47.5 Å². The Bertz CT molecular complexity index is 795. The Kier molecular flexibility index (Phi) is 5.91. The third-order valence-electron chi connectivity index (χ3n) is 5.00. The first-order chi connectivity index (χ1) is 13.1. The SMILES string of the molecule is COc1ccc(CN2CCN(C(=O)c3cccn3C)CC2)c(OC)c1OC. The van der Waals surface area contributed by atoms with E-state index in [-0.39, 0.29) is 5.91 Å². The van der Waals surface area contributed by atoms with Gasteiger partial charge in [0.05, 0.1) is 21.3 Å². The average Bonchev–Trinajstić information content (AvgIpc) is 3.13. The van der Waals surface area contributed by atoms with Gasteiger partial charge < -0.3 is 23.7 Å². The Labute approximate surface area is 160 Å². The van der Waals surface area contributed by atoms with Gasteiger partial charge in [0.15, 0.2) is 11.5 Å². The van der Waals surface area contributed by atoms with Crippen molar-refractivity contribution in [3.05, 3.63) is 41.7 Å². The first kappa shape index (κ1) is 19.1. The summed E-state index contributed by atoms with van der Waals surface area (Å²) >= 11 is 0. The maximum Gasteiger partial charge on any atom is 0.270 e. The fourth-order valence-corrected chi connectivity index (χ4v) is 3.48. The van der Waals surface area contributed by atoms with E-state index in [1.807, 2.05) is 47.0 Å². The van der Waals surface area contributed by atoms with Crippen molar-refractivity contribution >= 4 is 5.91 Å². The molecule has 27 heavy (non-hydrogen) atoms. The molecule has 3 rings (SSSR count). The minimum atomic E-state index is 0.0887. The summed E-state index contributed by atoms with van der Waals surface area (Å²) in [6.07, 6.45) is 1.90. The smallest absolute Gasteiger partial charge is 0.270 e. The summed E-state index contributed by atoms with van der Waals surface area (Å²) in [6.45, 7) is 3.77. The number of hydrogen-bond acceptors (Lipinski definition) is 5. The normalized spacial score (nSPS) is 14.9. The van der Waals surface area contributed by atoms with Crippen LogP contribution in [0.4, 0.5) is 0 Å². The highest BCUT2D eigenvalue weighted by molar-refractivity contribution is 5.92. The average molecular weight is 373 g/mol. The lowest BCUT2D eigenvalue weighted by Crippen LogP contribution is -2.48. The molecule has 0 atom stereocenters. The zero-order chi connectivity index (χ0) is 19.4. The van der Waals surface area contributed by atoms with Crippen molar-refractivity contribution in [1.29, 1.82) is 0 Å². The Hall–Kier alpha value is -2.67. The van der Waals surface area contributed by atoms with Gasteiger partial charge in [0.2, 0.25) is 5.75 Å². The molecule has 0 spiro atoms.